The molecule has 1 unspecified atom stereocenters. The zero-order chi connectivity index (χ0) is 9.97. The van der Waals surface area contributed by atoms with E-state index in [1.165, 1.54) is 37.4 Å². The molecule has 78 valence electrons. The van der Waals surface area contributed by atoms with Crippen LogP contribution in [0.2, 0.25) is 0 Å². The first-order valence-electron chi connectivity index (χ1n) is 5.15. The summed E-state index contributed by atoms with van der Waals surface area (Å²) in [6, 6.07) is 0.649. The van der Waals surface area contributed by atoms with Gasteiger partial charge in [0, 0.05) is 18.0 Å². The monoisotopic (exact) mass is 274 g/mol. The van der Waals surface area contributed by atoms with E-state index in [2.05, 4.69) is 38.1 Å². The molecule has 0 bridgehead atoms. The van der Waals surface area contributed by atoms with E-state index in [0.29, 0.717) is 6.04 Å². The predicted octanol–water partition coefficient (Wildman–Crippen LogP) is 3.67. The molecule has 4 heteroatoms. The maximum absolute atomic E-state index is 4.49. The summed E-state index contributed by atoms with van der Waals surface area (Å²) < 4.78 is 0.967. The van der Waals surface area contributed by atoms with Crippen molar-refractivity contribution >= 4 is 32.4 Å². The summed E-state index contributed by atoms with van der Waals surface area (Å²) in [6.45, 7) is 3.47. The fourth-order valence-electron chi connectivity index (χ4n) is 1.94. The van der Waals surface area contributed by atoms with E-state index in [4.69, 9.17) is 0 Å². The van der Waals surface area contributed by atoms with Crippen LogP contribution in [0, 0.1) is 0 Å². The lowest BCUT2D eigenvalue weighted by Gasteiger charge is -2.26. The van der Waals surface area contributed by atoms with Gasteiger partial charge >= 0.3 is 0 Å². The molecule has 0 saturated carbocycles. The molecule has 1 fully saturated rings. The Morgan fingerprint density at radius 1 is 1.50 bits per heavy atom. The molecule has 0 aromatic carbocycles. The fraction of sp³-hybridized carbons (Fsp3) is 0.700. The molecule has 0 amide bonds. The van der Waals surface area contributed by atoms with Crippen LogP contribution in [0.1, 0.15) is 32.6 Å². The maximum atomic E-state index is 4.49. The minimum absolute atomic E-state index is 0.649. The largest absolute Gasteiger partial charge is 0.345 e. The third-order valence-electron chi connectivity index (χ3n) is 2.76. The summed E-state index contributed by atoms with van der Waals surface area (Å²) >= 11 is 5.15. The van der Waals surface area contributed by atoms with Crippen LogP contribution in [-0.4, -0.2) is 17.6 Å². The molecule has 1 aromatic rings. The van der Waals surface area contributed by atoms with E-state index in [1.54, 1.807) is 11.3 Å². The first kappa shape index (κ1) is 10.4. The second-order valence-electron chi connectivity index (χ2n) is 3.84. The number of hydrogen-bond donors (Lipinski definition) is 0. The molecular weight excluding hydrogens is 260 g/mol. The van der Waals surface area contributed by atoms with Crippen molar-refractivity contribution in [2.24, 2.45) is 0 Å². The van der Waals surface area contributed by atoms with Crippen LogP contribution in [0.3, 0.4) is 0 Å². The van der Waals surface area contributed by atoms with E-state index >= 15 is 0 Å². The van der Waals surface area contributed by atoms with E-state index in [9.17, 15) is 0 Å². The van der Waals surface area contributed by atoms with Crippen molar-refractivity contribution in [2.45, 2.75) is 38.6 Å². The second-order valence-corrected chi connectivity index (χ2v) is 5.49. The van der Waals surface area contributed by atoms with E-state index in [0.717, 1.165) is 4.60 Å². The Labute approximate surface area is 97.5 Å². The predicted molar refractivity (Wildman–Crippen MR) is 65.1 cm³/mol. The van der Waals surface area contributed by atoms with Crippen molar-refractivity contribution < 1.29 is 0 Å². The second kappa shape index (κ2) is 4.62. The lowest BCUT2D eigenvalue weighted by atomic mass is 10.1. The molecule has 1 aliphatic heterocycles. The van der Waals surface area contributed by atoms with Gasteiger partial charge in [-0.2, -0.15) is 0 Å². The maximum Gasteiger partial charge on any atom is 0.186 e. The van der Waals surface area contributed by atoms with Gasteiger partial charge in [0.1, 0.15) is 4.60 Å². The first-order valence-corrected chi connectivity index (χ1v) is 6.82. The van der Waals surface area contributed by atoms with E-state index in [-0.39, 0.29) is 0 Å². The average molecular weight is 275 g/mol. The fourth-order valence-corrected chi connectivity index (χ4v) is 3.32. The molecule has 1 aliphatic rings. The Hall–Kier alpha value is -0.0900. The number of thiazole rings is 1. The molecule has 0 spiro atoms. The normalized spacial score (nSPS) is 23.6. The lowest BCUT2D eigenvalue weighted by molar-refractivity contribution is 0.615. The van der Waals surface area contributed by atoms with Gasteiger partial charge in [-0.05, 0) is 35.7 Å². The van der Waals surface area contributed by atoms with Crippen molar-refractivity contribution in [3.8, 4) is 0 Å². The molecule has 0 radical (unpaired) electrons. The topological polar surface area (TPSA) is 16.1 Å². The number of halogens is 1. The van der Waals surface area contributed by atoms with Crippen LogP contribution >= 0.6 is 27.3 Å². The van der Waals surface area contributed by atoms with Gasteiger partial charge in [-0.25, -0.2) is 4.98 Å². The summed E-state index contributed by atoms with van der Waals surface area (Å²) in [7, 11) is 0. The Morgan fingerprint density at radius 3 is 3.07 bits per heavy atom. The highest BCUT2D eigenvalue weighted by atomic mass is 79.9. The van der Waals surface area contributed by atoms with Crippen LogP contribution in [0.4, 0.5) is 5.13 Å². The summed E-state index contributed by atoms with van der Waals surface area (Å²) in [4.78, 5) is 6.93. The van der Waals surface area contributed by atoms with Gasteiger partial charge in [0.05, 0.1) is 0 Å². The van der Waals surface area contributed by atoms with Gasteiger partial charge in [-0.1, -0.05) is 12.8 Å². The first-order chi connectivity index (χ1) is 6.77. The molecule has 0 N–H and O–H groups in total. The van der Waals surface area contributed by atoms with Crippen molar-refractivity contribution in [1.29, 1.82) is 0 Å². The highest BCUT2D eigenvalue weighted by Gasteiger charge is 2.19. The highest BCUT2D eigenvalue weighted by Crippen LogP contribution is 2.28. The molecule has 14 heavy (non-hydrogen) atoms. The van der Waals surface area contributed by atoms with Crippen LogP contribution in [0.5, 0.6) is 0 Å². The molecular formula is C10H15BrN2S. The minimum atomic E-state index is 0.649. The average Bonchev–Trinajstić information content (AvgIpc) is 2.46. The summed E-state index contributed by atoms with van der Waals surface area (Å²) in [5, 5.41) is 3.23. The number of nitrogens with zero attached hydrogens (tertiary/aromatic N) is 2. The number of aromatic nitrogens is 1. The van der Waals surface area contributed by atoms with Crippen molar-refractivity contribution in [3.63, 3.8) is 0 Å². The van der Waals surface area contributed by atoms with Gasteiger partial charge in [-0.3, -0.25) is 0 Å². The van der Waals surface area contributed by atoms with Crippen molar-refractivity contribution in [1.82, 2.24) is 4.98 Å². The Bertz CT molecular complexity index is 300. The minimum Gasteiger partial charge on any atom is -0.345 e. The number of hydrogen-bond acceptors (Lipinski definition) is 3. The van der Waals surface area contributed by atoms with Gasteiger partial charge < -0.3 is 4.90 Å². The van der Waals surface area contributed by atoms with Crippen LogP contribution in [-0.2, 0) is 0 Å². The molecule has 1 saturated heterocycles. The van der Waals surface area contributed by atoms with Crippen LogP contribution in [0.15, 0.2) is 9.98 Å². The standard InChI is InChI=1S/C10H15BrN2S/c1-8-5-3-2-4-6-13(8)10-12-9(11)7-14-10/h7-8H,2-6H2,1H3. The van der Waals surface area contributed by atoms with Gasteiger partial charge in [0.2, 0.25) is 0 Å². The third-order valence-corrected chi connectivity index (χ3v) is 4.35. The van der Waals surface area contributed by atoms with Gasteiger partial charge in [0.15, 0.2) is 5.13 Å². The summed E-state index contributed by atoms with van der Waals surface area (Å²) in [5.41, 5.74) is 0. The molecule has 1 atom stereocenters. The van der Waals surface area contributed by atoms with Crippen molar-refractivity contribution in [2.75, 3.05) is 11.4 Å². The molecule has 2 nitrogen and oxygen atoms in total. The Kier molecular flexibility index (Phi) is 3.44. The summed E-state index contributed by atoms with van der Waals surface area (Å²) in [5.74, 6) is 0. The van der Waals surface area contributed by atoms with E-state index in [1.807, 2.05) is 0 Å². The number of rotatable bonds is 1. The quantitative estimate of drug-likeness (QED) is 0.777. The van der Waals surface area contributed by atoms with Crippen LogP contribution in [0.25, 0.3) is 0 Å². The number of anilines is 1. The zero-order valence-corrected chi connectivity index (χ0v) is 10.8. The third kappa shape index (κ3) is 2.28. The van der Waals surface area contributed by atoms with E-state index < -0.39 is 0 Å². The molecule has 2 rings (SSSR count). The molecule has 1 aromatic heterocycles. The molecule has 2 heterocycles. The van der Waals surface area contributed by atoms with Crippen LogP contribution < -0.4 is 4.90 Å². The summed E-state index contributed by atoms with van der Waals surface area (Å²) in [6.07, 6.45) is 5.34. The van der Waals surface area contributed by atoms with Gasteiger partial charge in [0.25, 0.3) is 0 Å². The lowest BCUT2D eigenvalue weighted by Crippen LogP contribution is -2.32. The molecule has 0 aliphatic carbocycles. The zero-order valence-electron chi connectivity index (χ0n) is 8.37. The smallest absolute Gasteiger partial charge is 0.186 e. The van der Waals surface area contributed by atoms with Gasteiger partial charge in [-0.15, -0.1) is 11.3 Å². The Balaban J connectivity index is 2.14. The SMILES string of the molecule is CC1CCCCCN1c1nc(Br)cs1. The van der Waals surface area contributed by atoms with Crippen molar-refractivity contribution in [3.05, 3.63) is 9.98 Å². The Morgan fingerprint density at radius 2 is 2.36 bits per heavy atom. The highest BCUT2D eigenvalue weighted by molar-refractivity contribution is 9.10.